The van der Waals surface area contributed by atoms with Gasteiger partial charge in [-0.15, -0.1) is 0 Å². The van der Waals surface area contributed by atoms with E-state index in [2.05, 4.69) is 0 Å². The third-order valence-corrected chi connectivity index (χ3v) is 5.56. The van der Waals surface area contributed by atoms with E-state index in [4.69, 9.17) is 0 Å². The van der Waals surface area contributed by atoms with Gasteiger partial charge in [0.2, 0.25) is 0 Å². The van der Waals surface area contributed by atoms with E-state index >= 15 is 0 Å². The number of aryl methyl sites for hydroxylation is 2. The molecule has 1 unspecified atom stereocenters. The summed E-state index contributed by atoms with van der Waals surface area (Å²) in [7, 11) is -3.58. The average molecular weight is 323 g/mol. The molecule has 0 fully saturated rings. The van der Waals surface area contributed by atoms with Crippen molar-refractivity contribution in [3.8, 4) is 0 Å². The largest absolute Gasteiger partial charge is 0.768 e. The van der Waals surface area contributed by atoms with Crippen molar-refractivity contribution >= 4 is 20.9 Å². The van der Waals surface area contributed by atoms with Crippen LogP contribution in [0.15, 0.2) is 52.3 Å². The molecular weight excluding hydrogens is 308 g/mol. The quantitative estimate of drug-likeness (QED) is 0.810. The highest BCUT2D eigenvalue weighted by molar-refractivity contribution is 7.90. The zero-order valence-electron chi connectivity index (χ0n) is 11.7. The Hall–Kier alpha value is -1.50. The number of hydrogen-bond donors (Lipinski definition) is 0. The molecular formula is C15H15O4S2-. The Balaban J connectivity index is 2.43. The van der Waals surface area contributed by atoms with Gasteiger partial charge in [-0.05, 0) is 48.7 Å². The van der Waals surface area contributed by atoms with Gasteiger partial charge in [0.1, 0.15) is 0 Å². The molecule has 0 saturated carbocycles. The molecule has 4 nitrogen and oxygen atoms in total. The van der Waals surface area contributed by atoms with Gasteiger partial charge >= 0.3 is 0 Å². The maximum atomic E-state index is 12.4. The first-order valence-electron chi connectivity index (χ1n) is 6.28. The van der Waals surface area contributed by atoms with Crippen molar-refractivity contribution in [1.82, 2.24) is 0 Å². The smallest absolute Gasteiger partial charge is 0.182 e. The van der Waals surface area contributed by atoms with E-state index < -0.39 is 20.9 Å². The van der Waals surface area contributed by atoms with Gasteiger partial charge in [0.25, 0.3) is 0 Å². The summed E-state index contributed by atoms with van der Waals surface area (Å²) in [6.45, 7) is 3.66. The molecule has 1 atom stereocenters. The molecule has 2 aromatic carbocycles. The summed E-state index contributed by atoms with van der Waals surface area (Å²) in [4.78, 5) is 0.216. The molecule has 0 amide bonds. The molecule has 2 rings (SSSR count). The summed E-state index contributed by atoms with van der Waals surface area (Å²) in [5, 5.41) is 0. The summed E-state index contributed by atoms with van der Waals surface area (Å²) in [6.07, 6.45) is 0. The molecule has 2 aromatic rings. The van der Waals surface area contributed by atoms with Gasteiger partial charge in [0.05, 0.1) is 10.6 Å². The summed E-state index contributed by atoms with van der Waals surface area (Å²) >= 11 is -2.46. The predicted molar refractivity (Wildman–Crippen MR) is 80.4 cm³/mol. The molecule has 0 heterocycles. The minimum atomic E-state index is -3.58. The molecule has 6 heteroatoms. The molecule has 0 N–H and O–H groups in total. The van der Waals surface area contributed by atoms with Crippen molar-refractivity contribution in [2.75, 3.05) is 0 Å². The van der Waals surface area contributed by atoms with E-state index in [-0.39, 0.29) is 15.5 Å². The fourth-order valence-corrected chi connectivity index (χ4v) is 4.00. The Kier molecular flexibility index (Phi) is 4.61. The standard InChI is InChI=1S/C15H16O4S2/c1-11-3-6-14(7-4-11)21(18,19)10-13-9-12(2)5-8-15(13)20(16)17/h3-9H,10H2,1-2H3,(H,16,17)/p-1. The zero-order chi connectivity index (χ0) is 15.6. The summed E-state index contributed by atoms with van der Waals surface area (Å²) in [5.74, 6) is -0.332. The monoisotopic (exact) mass is 323 g/mol. The summed E-state index contributed by atoms with van der Waals surface area (Å²) < 4.78 is 47.2. The van der Waals surface area contributed by atoms with Gasteiger partial charge in [-0.25, -0.2) is 8.42 Å². The number of sulfone groups is 1. The number of rotatable bonds is 4. The second-order valence-corrected chi connectivity index (χ2v) is 7.82. The van der Waals surface area contributed by atoms with Crippen molar-refractivity contribution in [2.45, 2.75) is 29.4 Å². The molecule has 21 heavy (non-hydrogen) atoms. The van der Waals surface area contributed by atoms with E-state index in [1.165, 1.54) is 18.2 Å². The lowest BCUT2D eigenvalue weighted by atomic mass is 10.2. The normalized spacial score (nSPS) is 13.1. The molecule has 0 bridgehead atoms. The fourth-order valence-electron chi connectivity index (χ4n) is 2.02. The third-order valence-electron chi connectivity index (χ3n) is 3.12. The molecule has 0 spiro atoms. The minimum absolute atomic E-state index is 0.0243. The molecule has 0 aromatic heterocycles. The lowest BCUT2D eigenvalue weighted by Gasteiger charge is -2.13. The van der Waals surface area contributed by atoms with Crippen LogP contribution in [0.3, 0.4) is 0 Å². The third kappa shape index (κ3) is 3.78. The Morgan fingerprint density at radius 2 is 1.57 bits per heavy atom. The Morgan fingerprint density at radius 3 is 2.14 bits per heavy atom. The van der Waals surface area contributed by atoms with E-state index in [1.54, 1.807) is 31.2 Å². The highest BCUT2D eigenvalue weighted by Crippen LogP contribution is 2.22. The van der Waals surface area contributed by atoms with Gasteiger partial charge in [-0.1, -0.05) is 35.4 Å². The second-order valence-electron chi connectivity index (χ2n) is 4.92. The summed E-state index contributed by atoms with van der Waals surface area (Å²) in [6, 6.07) is 11.2. The maximum Gasteiger partial charge on any atom is 0.182 e. The highest BCUT2D eigenvalue weighted by atomic mass is 32.2. The highest BCUT2D eigenvalue weighted by Gasteiger charge is 2.17. The first-order valence-corrected chi connectivity index (χ1v) is 9.00. The van der Waals surface area contributed by atoms with Crippen LogP contribution >= 0.6 is 0 Å². The first kappa shape index (κ1) is 15.9. The molecule has 0 radical (unpaired) electrons. The lowest BCUT2D eigenvalue weighted by Crippen LogP contribution is -2.08. The van der Waals surface area contributed by atoms with Crippen LogP contribution in [-0.4, -0.2) is 17.2 Å². The van der Waals surface area contributed by atoms with Crippen LogP contribution in [0, 0.1) is 13.8 Å². The van der Waals surface area contributed by atoms with Crippen molar-refractivity contribution in [3.63, 3.8) is 0 Å². The van der Waals surface area contributed by atoms with Crippen LogP contribution in [0.1, 0.15) is 16.7 Å². The fraction of sp³-hybridized carbons (Fsp3) is 0.200. The number of hydrogen-bond acceptors (Lipinski definition) is 4. The Bertz CT molecular complexity index is 778. The van der Waals surface area contributed by atoms with E-state index in [0.29, 0.717) is 5.56 Å². The van der Waals surface area contributed by atoms with Gasteiger partial charge in [0.15, 0.2) is 9.84 Å². The molecule has 0 aliphatic rings. The topological polar surface area (TPSA) is 74.3 Å². The van der Waals surface area contributed by atoms with E-state index in [1.807, 2.05) is 6.92 Å². The van der Waals surface area contributed by atoms with Crippen LogP contribution in [0.5, 0.6) is 0 Å². The van der Waals surface area contributed by atoms with Crippen molar-refractivity contribution < 1.29 is 17.2 Å². The van der Waals surface area contributed by atoms with Gasteiger partial charge in [-0.2, -0.15) is 0 Å². The van der Waals surface area contributed by atoms with E-state index in [9.17, 15) is 17.2 Å². The van der Waals surface area contributed by atoms with Crippen LogP contribution in [0.25, 0.3) is 0 Å². The molecule has 112 valence electrons. The van der Waals surface area contributed by atoms with Crippen molar-refractivity contribution in [2.24, 2.45) is 0 Å². The molecule has 0 aliphatic heterocycles. The SMILES string of the molecule is Cc1ccc(S(=O)(=O)Cc2cc(C)ccc2S(=O)[O-])cc1. The first-order chi connectivity index (χ1) is 9.79. The van der Waals surface area contributed by atoms with Gasteiger partial charge < -0.3 is 4.55 Å². The van der Waals surface area contributed by atoms with E-state index in [0.717, 1.165) is 11.1 Å². The summed E-state index contributed by atoms with van der Waals surface area (Å²) in [5.41, 5.74) is 2.08. The van der Waals surface area contributed by atoms with Crippen LogP contribution in [0.2, 0.25) is 0 Å². The van der Waals surface area contributed by atoms with Crippen molar-refractivity contribution in [3.05, 3.63) is 59.2 Å². The Morgan fingerprint density at radius 1 is 1.00 bits per heavy atom. The predicted octanol–water partition coefficient (Wildman–Crippen LogP) is 2.52. The van der Waals surface area contributed by atoms with Crippen molar-refractivity contribution in [1.29, 1.82) is 0 Å². The van der Waals surface area contributed by atoms with Crippen LogP contribution in [-0.2, 0) is 26.7 Å². The van der Waals surface area contributed by atoms with Crippen LogP contribution in [0.4, 0.5) is 0 Å². The second kappa shape index (κ2) is 6.09. The van der Waals surface area contributed by atoms with Gasteiger partial charge in [-0.3, -0.25) is 4.21 Å². The number of benzene rings is 2. The van der Waals surface area contributed by atoms with Gasteiger partial charge in [0, 0.05) is 4.90 Å². The minimum Gasteiger partial charge on any atom is -0.768 e. The molecule has 0 saturated heterocycles. The Labute approximate surface area is 127 Å². The van der Waals surface area contributed by atoms with Crippen LogP contribution < -0.4 is 0 Å². The zero-order valence-corrected chi connectivity index (χ0v) is 13.3. The lowest BCUT2D eigenvalue weighted by molar-refractivity contribution is 0.536. The molecule has 0 aliphatic carbocycles. The maximum absolute atomic E-state index is 12.4. The average Bonchev–Trinajstić information content (AvgIpc) is 2.38.